The van der Waals surface area contributed by atoms with Crippen LogP contribution in [0.3, 0.4) is 0 Å². The number of rotatable bonds is 3. The molecule has 0 atom stereocenters. The van der Waals surface area contributed by atoms with Gasteiger partial charge in [0.15, 0.2) is 11.6 Å². The van der Waals surface area contributed by atoms with E-state index in [9.17, 15) is 0 Å². The summed E-state index contributed by atoms with van der Waals surface area (Å²) in [4.78, 5) is 15.2. The smallest absolute Gasteiger partial charge is 0.238 e. The fourth-order valence-corrected chi connectivity index (χ4v) is 7.41. The number of aromatic nitrogens is 4. The van der Waals surface area contributed by atoms with E-state index < -0.39 is 0 Å². The molecule has 0 radical (unpaired) electrons. The van der Waals surface area contributed by atoms with Gasteiger partial charge in [0.05, 0.1) is 15.7 Å². The second kappa shape index (κ2) is 9.06. The van der Waals surface area contributed by atoms with Crippen LogP contribution in [0.25, 0.3) is 81.5 Å². The van der Waals surface area contributed by atoms with Crippen molar-refractivity contribution in [3.05, 3.63) is 133 Å². The number of thiophene rings is 1. The van der Waals surface area contributed by atoms with Crippen LogP contribution in [0.5, 0.6) is 0 Å². The maximum atomic E-state index is 5.13. The normalized spacial score (nSPS) is 11.8. The third-order valence-corrected chi connectivity index (χ3v) is 9.23. The van der Waals surface area contributed by atoms with Crippen molar-refractivity contribution in [2.24, 2.45) is 0 Å². The predicted molar refractivity (Wildman–Crippen MR) is 175 cm³/mol. The molecule has 0 saturated carbocycles. The summed E-state index contributed by atoms with van der Waals surface area (Å²) in [6.07, 6.45) is 0. The fourth-order valence-electron chi connectivity index (χ4n) is 6.16. The molecule has 0 bridgehead atoms. The Morgan fingerprint density at radius 1 is 0.476 bits per heavy atom. The SMILES string of the molecule is c1ccc(-c2nc(-c3ccccc3)nc(-n3c4ccccc4c4ccc5c(sc6ccc7ccccc7c65)c43)n2)cc1. The van der Waals surface area contributed by atoms with Crippen molar-refractivity contribution in [2.45, 2.75) is 0 Å². The van der Waals surface area contributed by atoms with Crippen LogP contribution in [-0.4, -0.2) is 19.5 Å². The summed E-state index contributed by atoms with van der Waals surface area (Å²) < 4.78 is 4.75. The van der Waals surface area contributed by atoms with Gasteiger partial charge >= 0.3 is 0 Å². The van der Waals surface area contributed by atoms with Gasteiger partial charge in [-0.15, -0.1) is 11.3 Å². The van der Waals surface area contributed by atoms with Crippen LogP contribution in [0.15, 0.2) is 133 Å². The topological polar surface area (TPSA) is 43.6 Å². The van der Waals surface area contributed by atoms with Gasteiger partial charge in [-0.1, -0.05) is 121 Å². The number of para-hydroxylation sites is 1. The van der Waals surface area contributed by atoms with Crippen LogP contribution in [0.1, 0.15) is 0 Å². The van der Waals surface area contributed by atoms with E-state index in [1.54, 1.807) is 0 Å². The van der Waals surface area contributed by atoms with Crippen molar-refractivity contribution < 1.29 is 0 Å². The van der Waals surface area contributed by atoms with Crippen molar-refractivity contribution in [3.63, 3.8) is 0 Å². The highest BCUT2D eigenvalue weighted by molar-refractivity contribution is 7.26. The molecule has 6 aromatic carbocycles. The van der Waals surface area contributed by atoms with Crippen molar-refractivity contribution >= 4 is 64.1 Å². The molecule has 0 unspecified atom stereocenters. The standard InChI is InChI=1S/C37H22N4S/c1-3-12-24(13-4-1)35-38-36(25-14-5-2-6-15-25)40-37(39-35)41-30-18-10-9-17-27(30)28-20-21-29-32-26-16-8-7-11-23(26)19-22-31(32)42-34(29)33(28)41/h1-22H. The van der Waals surface area contributed by atoms with E-state index in [1.165, 1.54) is 41.7 Å². The Morgan fingerprint density at radius 2 is 1.10 bits per heavy atom. The van der Waals surface area contributed by atoms with Crippen LogP contribution in [0.2, 0.25) is 0 Å². The molecule has 0 spiro atoms. The van der Waals surface area contributed by atoms with Gasteiger partial charge in [0.2, 0.25) is 5.95 Å². The first-order valence-electron chi connectivity index (χ1n) is 14.0. The van der Waals surface area contributed by atoms with Gasteiger partial charge in [0.25, 0.3) is 0 Å². The van der Waals surface area contributed by atoms with E-state index >= 15 is 0 Å². The van der Waals surface area contributed by atoms with Crippen LogP contribution < -0.4 is 0 Å². The Labute approximate surface area is 245 Å². The summed E-state index contributed by atoms with van der Waals surface area (Å²) >= 11 is 1.84. The van der Waals surface area contributed by atoms with E-state index in [-0.39, 0.29) is 0 Å². The lowest BCUT2D eigenvalue weighted by atomic mass is 10.0. The van der Waals surface area contributed by atoms with Crippen molar-refractivity contribution in [3.8, 4) is 28.7 Å². The first-order valence-corrected chi connectivity index (χ1v) is 14.8. The Kier molecular flexibility index (Phi) is 5.03. The summed E-state index contributed by atoms with van der Waals surface area (Å²) in [5.74, 6) is 1.92. The molecule has 3 heterocycles. The van der Waals surface area contributed by atoms with Gasteiger partial charge in [0.1, 0.15) is 0 Å². The fraction of sp³-hybridized carbons (Fsp3) is 0. The molecule has 0 aliphatic rings. The number of hydrogen-bond donors (Lipinski definition) is 0. The lowest BCUT2D eigenvalue weighted by Gasteiger charge is -2.11. The van der Waals surface area contributed by atoms with E-state index in [1.807, 2.05) is 47.7 Å². The van der Waals surface area contributed by atoms with Crippen LogP contribution >= 0.6 is 11.3 Å². The molecule has 0 fully saturated rings. The van der Waals surface area contributed by atoms with Crippen LogP contribution in [0.4, 0.5) is 0 Å². The van der Waals surface area contributed by atoms with Gasteiger partial charge in [-0.3, -0.25) is 4.57 Å². The van der Waals surface area contributed by atoms with E-state index in [4.69, 9.17) is 15.0 Å². The van der Waals surface area contributed by atoms with E-state index in [2.05, 4.69) is 102 Å². The van der Waals surface area contributed by atoms with Crippen molar-refractivity contribution in [1.82, 2.24) is 19.5 Å². The quantitative estimate of drug-likeness (QED) is 0.218. The molecule has 0 amide bonds. The Bertz CT molecular complexity index is 2400. The second-order valence-electron chi connectivity index (χ2n) is 10.5. The first-order chi connectivity index (χ1) is 20.8. The average molecular weight is 555 g/mol. The molecular formula is C37H22N4S. The summed E-state index contributed by atoms with van der Waals surface area (Å²) in [5.41, 5.74) is 4.12. The molecule has 4 nitrogen and oxygen atoms in total. The molecule has 9 aromatic rings. The number of hydrogen-bond acceptors (Lipinski definition) is 4. The van der Waals surface area contributed by atoms with Gasteiger partial charge in [-0.2, -0.15) is 9.97 Å². The monoisotopic (exact) mass is 554 g/mol. The maximum Gasteiger partial charge on any atom is 0.238 e. The highest BCUT2D eigenvalue weighted by atomic mass is 32.1. The zero-order valence-electron chi connectivity index (χ0n) is 22.4. The van der Waals surface area contributed by atoms with E-state index in [0.717, 1.165) is 22.2 Å². The highest BCUT2D eigenvalue weighted by Gasteiger charge is 2.21. The van der Waals surface area contributed by atoms with Gasteiger partial charge in [-0.05, 0) is 22.9 Å². The molecule has 9 rings (SSSR count). The Hall–Kier alpha value is -5.39. The maximum absolute atomic E-state index is 5.13. The van der Waals surface area contributed by atoms with Crippen LogP contribution in [0, 0.1) is 0 Å². The van der Waals surface area contributed by atoms with Gasteiger partial charge in [0, 0.05) is 37.4 Å². The van der Waals surface area contributed by atoms with E-state index in [0.29, 0.717) is 17.6 Å². The number of fused-ring (bicyclic) bond motifs is 9. The lowest BCUT2D eigenvalue weighted by molar-refractivity contribution is 0.955. The minimum atomic E-state index is 0.615. The second-order valence-corrected chi connectivity index (χ2v) is 11.5. The van der Waals surface area contributed by atoms with Gasteiger partial charge in [-0.25, -0.2) is 4.98 Å². The molecule has 3 aromatic heterocycles. The van der Waals surface area contributed by atoms with Crippen LogP contribution in [-0.2, 0) is 0 Å². The molecular weight excluding hydrogens is 533 g/mol. The van der Waals surface area contributed by atoms with Crippen molar-refractivity contribution in [2.75, 3.05) is 0 Å². The minimum absolute atomic E-state index is 0.615. The largest absolute Gasteiger partial charge is 0.276 e. The molecule has 0 N–H and O–H groups in total. The first kappa shape index (κ1) is 23.3. The van der Waals surface area contributed by atoms with Crippen molar-refractivity contribution in [1.29, 1.82) is 0 Å². The summed E-state index contributed by atoms with van der Waals surface area (Å²) in [6, 6.07) is 46.5. The Balaban J connectivity index is 1.44. The average Bonchev–Trinajstić information content (AvgIpc) is 3.62. The van der Waals surface area contributed by atoms with Gasteiger partial charge < -0.3 is 0 Å². The summed E-state index contributed by atoms with van der Waals surface area (Å²) in [6.45, 7) is 0. The third kappa shape index (κ3) is 3.44. The number of benzene rings is 6. The molecule has 0 saturated heterocycles. The summed E-state index contributed by atoms with van der Waals surface area (Å²) in [7, 11) is 0. The highest BCUT2D eigenvalue weighted by Crippen LogP contribution is 2.44. The minimum Gasteiger partial charge on any atom is -0.276 e. The third-order valence-electron chi connectivity index (χ3n) is 8.05. The number of nitrogens with zero attached hydrogens (tertiary/aromatic N) is 4. The molecule has 5 heteroatoms. The Morgan fingerprint density at radius 3 is 1.83 bits per heavy atom. The lowest BCUT2D eigenvalue weighted by Crippen LogP contribution is -2.06. The zero-order chi connectivity index (χ0) is 27.6. The molecule has 42 heavy (non-hydrogen) atoms. The summed E-state index contributed by atoms with van der Waals surface area (Å²) in [5, 5.41) is 7.46. The molecule has 0 aliphatic carbocycles. The predicted octanol–water partition coefficient (Wildman–Crippen LogP) is 9.82. The molecule has 0 aliphatic heterocycles. The zero-order valence-corrected chi connectivity index (χ0v) is 23.2. The molecule has 196 valence electrons.